The van der Waals surface area contributed by atoms with Crippen LogP contribution in [0.25, 0.3) is 33.1 Å². The van der Waals surface area contributed by atoms with Gasteiger partial charge in [0.1, 0.15) is 29.2 Å². The molecule has 2 aliphatic rings. The molecule has 40 heavy (non-hydrogen) atoms. The second-order valence-corrected chi connectivity index (χ2v) is 10.8. The van der Waals surface area contributed by atoms with E-state index in [2.05, 4.69) is 41.8 Å². The van der Waals surface area contributed by atoms with E-state index in [1.807, 2.05) is 30.5 Å². The van der Waals surface area contributed by atoms with Gasteiger partial charge in [0.05, 0.1) is 35.6 Å². The molecule has 10 nitrogen and oxygen atoms in total. The van der Waals surface area contributed by atoms with Crippen molar-refractivity contribution in [2.45, 2.75) is 49.8 Å². The van der Waals surface area contributed by atoms with Crippen LogP contribution in [0, 0.1) is 12.3 Å². The lowest BCUT2D eigenvalue weighted by atomic mass is 9.90. The number of amides is 1. The van der Waals surface area contributed by atoms with E-state index in [4.69, 9.17) is 17.1 Å². The van der Waals surface area contributed by atoms with Crippen LogP contribution in [0.5, 0.6) is 0 Å². The molecule has 4 aromatic heterocycles. The molecule has 5 aromatic rings. The summed E-state index contributed by atoms with van der Waals surface area (Å²) in [7, 11) is 0. The van der Waals surface area contributed by atoms with E-state index in [0.717, 1.165) is 53.1 Å². The van der Waals surface area contributed by atoms with Crippen molar-refractivity contribution in [2.75, 3.05) is 5.73 Å². The van der Waals surface area contributed by atoms with Crippen molar-refractivity contribution >= 4 is 33.7 Å². The molecule has 4 N–H and O–H groups in total. The molecule has 1 aromatic carbocycles. The summed E-state index contributed by atoms with van der Waals surface area (Å²) >= 11 is 0. The predicted octanol–water partition coefficient (Wildman–Crippen LogP) is 3.33. The number of nitrogens with zero attached hydrogens (tertiary/aromatic N) is 6. The lowest BCUT2D eigenvalue weighted by molar-refractivity contribution is 0.0895. The highest BCUT2D eigenvalue weighted by Crippen LogP contribution is 2.57. The van der Waals surface area contributed by atoms with Gasteiger partial charge in [-0.2, -0.15) is 0 Å². The van der Waals surface area contributed by atoms with E-state index in [1.54, 1.807) is 0 Å². The number of carbonyl (C=O) groups excluding carboxylic acids is 1. The van der Waals surface area contributed by atoms with Crippen molar-refractivity contribution in [3.63, 3.8) is 0 Å². The number of carbonyl (C=O) groups is 1. The minimum Gasteiger partial charge on any atom is -0.390 e. The number of rotatable bonds is 5. The minimum atomic E-state index is -0.403. The van der Waals surface area contributed by atoms with Gasteiger partial charge in [0, 0.05) is 33.8 Å². The van der Waals surface area contributed by atoms with Crippen LogP contribution in [0.4, 0.5) is 5.82 Å². The van der Waals surface area contributed by atoms with Crippen LogP contribution in [-0.4, -0.2) is 46.0 Å². The van der Waals surface area contributed by atoms with Crippen LogP contribution >= 0.6 is 0 Å². The highest BCUT2D eigenvalue weighted by molar-refractivity contribution is 6.04. The highest BCUT2D eigenvalue weighted by Gasteiger charge is 2.57. The van der Waals surface area contributed by atoms with Gasteiger partial charge in [-0.3, -0.25) is 14.8 Å². The lowest BCUT2D eigenvalue weighted by Crippen LogP contribution is -2.45. The maximum Gasteiger partial charge on any atom is 0.271 e. The molecule has 2 aliphatic carbocycles. The number of terminal acetylenes is 1. The SMILES string of the molecule is C#Cc1c(-c2cnc3ccccc3c2)c2c(N)ncnc2n1C12CCC(NC(=O)c3cnc(CO)cn3)(CC1)C2. The number of aromatic nitrogens is 6. The van der Waals surface area contributed by atoms with Gasteiger partial charge >= 0.3 is 0 Å². The zero-order chi connectivity index (χ0) is 27.5. The number of nitrogens with two attached hydrogens (primary N) is 1. The van der Waals surface area contributed by atoms with Crippen molar-refractivity contribution < 1.29 is 9.90 Å². The Kier molecular flexibility index (Phi) is 5.34. The number of pyridine rings is 1. The van der Waals surface area contributed by atoms with Crippen LogP contribution in [0.2, 0.25) is 0 Å². The Morgan fingerprint density at radius 1 is 1.07 bits per heavy atom. The Bertz CT molecular complexity index is 1850. The molecule has 7 rings (SSSR count). The second-order valence-electron chi connectivity index (χ2n) is 10.8. The summed E-state index contributed by atoms with van der Waals surface area (Å²) in [5, 5.41) is 14.2. The van der Waals surface area contributed by atoms with E-state index in [0.29, 0.717) is 29.3 Å². The molecule has 0 spiro atoms. The summed E-state index contributed by atoms with van der Waals surface area (Å²) in [6, 6.07) is 10.0. The maximum atomic E-state index is 13.1. The number of aliphatic hydroxyl groups is 1. The third-order valence-corrected chi connectivity index (χ3v) is 8.55. The summed E-state index contributed by atoms with van der Waals surface area (Å²) in [4.78, 5) is 35.1. The lowest BCUT2D eigenvalue weighted by Gasteiger charge is -2.30. The fraction of sp³-hybridized carbons (Fsp3) is 0.267. The standard InChI is InChI=1S/C30H26N8O2/c1-2-23-24(19-11-18-5-3-4-6-21(18)33-12-19)25-26(31)35-17-36-27(25)38(23)30-9-7-29(16-30,8-10-30)37-28(40)22-14-32-20(15-39)13-34-22/h1,3-6,11-14,17,39H,7-10,15-16H2,(H,37,40)(H2,31,35,36). The number of hydrogen-bond donors (Lipinski definition) is 3. The summed E-state index contributed by atoms with van der Waals surface area (Å²) in [5.41, 5.74) is 10.3. The molecular formula is C30H26N8O2. The molecule has 4 heterocycles. The van der Waals surface area contributed by atoms with Crippen molar-refractivity contribution in [1.82, 2.24) is 34.8 Å². The Labute approximate surface area is 229 Å². The average Bonchev–Trinajstić information content (AvgIpc) is 3.65. The van der Waals surface area contributed by atoms with Crippen LogP contribution < -0.4 is 11.1 Å². The van der Waals surface area contributed by atoms with Gasteiger partial charge in [-0.05, 0) is 44.2 Å². The molecule has 2 saturated carbocycles. The summed E-state index contributed by atoms with van der Waals surface area (Å²) < 4.78 is 2.17. The number of fused-ring (bicyclic) bond motifs is 4. The number of aliphatic hydroxyl groups excluding tert-OH is 1. The highest BCUT2D eigenvalue weighted by atomic mass is 16.3. The normalized spacial score (nSPS) is 21.6. The molecule has 2 bridgehead atoms. The van der Waals surface area contributed by atoms with E-state index >= 15 is 0 Å². The number of anilines is 1. The van der Waals surface area contributed by atoms with Crippen molar-refractivity contribution in [3.05, 3.63) is 72.3 Å². The first-order valence-corrected chi connectivity index (χ1v) is 13.2. The smallest absolute Gasteiger partial charge is 0.271 e. The van der Waals surface area contributed by atoms with Crippen molar-refractivity contribution in [2.24, 2.45) is 0 Å². The summed E-state index contributed by atoms with van der Waals surface area (Å²) in [5.74, 6) is 3.04. The molecule has 0 radical (unpaired) electrons. The van der Waals surface area contributed by atoms with Gasteiger partial charge in [-0.1, -0.05) is 24.1 Å². The molecule has 0 atom stereocenters. The first-order valence-electron chi connectivity index (χ1n) is 13.2. The average molecular weight is 531 g/mol. The molecule has 0 saturated heterocycles. The Morgan fingerprint density at radius 2 is 1.90 bits per heavy atom. The third-order valence-electron chi connectivity index (χ3n) is 8.55. The van der Waals surface area contributed by atoms with Gasteiger partial charge in [0.25, 0.3) is 5.91 Å². The van der Waals surface area contributed by atoms with E-state index in [9.17, 15) is 9.90 Å². The van der Waals surface area contributed by atoms with Gasteiger partial charge in [0.15, 0.2) is 0 Å². The van der Waals surface area contributed by atoms with E-state index in [-0.39, 0.29) is 23.7 Å². The number of para-hydroxylation sites is 1. The van der Waals surface area contributed by atoms with Crippen LogP contribution in [0.15, 0.2) is 55.2 Å². The van der Waals surface area contributed by atoms with Crippen LogP contribution in [0.1, 0.15) is 54.0 Å². The molecule has 10 heteroatoms. The first-order chi connectivity index (χ1) is 19.5. The predicted molar refractivity (Wildman–Crippen MR) is 150 cm³/mol. The number of nitrogens with one attached hydrogen (secondary N) is 1. The second kappa shape index (κ2) is 8.83. The fourth-order valence-electron chi connectivity index (χ4n) is 6.73. The topological polar surface area (TPSA) is 145 Å². The Balaban J connectivity index is 1.32. The van der Waals surface area contributed by atoms with Crippen LogP contribution in [0.3, 0.4) is 0 Å². The molecule has 1 amide bonds. The largest absolute Gasteiger partial charge is 0.390 e. The molecule has 198 valence electrons. The number of nitrogen functional groups attached to an aromatic ring is 1. The summed E-state index contributed by atoms with van der Waals surface area (Å²) in [6.45, 7) is -0.227. The number of benzene rings is 1. The quantitative estimate of drug-likeness (QED) is 0.294. The minimum absolute atomic E-state index is 0.221. The van der Waals surface area contributed by atoms with Crippen molar-refractivity contribution in [3.8, 4) is 23.5 Å². The zero-order valence-electron chi connectivity index (χ0n) is 21.6. The zero-order valence-corrected chi connectivity index (χ0v) is 21.6. The molecular weight excluding hydrogens is 504 g/mol. The first kappa shape index (κ1) is 24.2. The molecule has 2 fully saturated rings. The van der Waals surface area contributed by atoms with Crippen LogP contribution in [-0.2, 0) is 12.1 Å². The van der Waals surface area contributed by atoms with Gasteiger partial charge < -0.3 is 20.7 Å². The number of hydrogen-bond acceptors (Lipinski definition) is 8. The van der Waals surface area contributed by atoms with Crippen molar-refractivity contribution in [1.29, 1.82) is 0 Å². The monoisotopic (exact) mass is 530 g/mol. The van der Waals surface area contributed by atoms with E-state index < -0.39 is 5.54 Å². The van der Waals surface area contributed by atoms with E-state index in [1.165, 1.54) is 18.7 Å². The van der Waals surface area contributed by atoms with Gasteiger partial charge in [0.2, 0.25) is 0 Å². The Morgan fingerprint density at radius 3 is 2.65 bits per heavy atom. The summed E-state index contributed by atoms with van der Waals surface area (Å²) in [6.07, 6.45) is 16.3. The Hall–Kier alpha value is -4.88. The third kappa shape index (κ3) is 3.55. The molecule has 0 unspecified atom stereocenters. The molecule has 0 aliphatic heterocycles. The fourth-order valence-corrected chi connectivity index (χ4v) is 6.73. The van der Waals surface area contributed by atoms with Gasteiger partial charge in [-0.15, -0.1) is 6.42 Å². The maximum absolute atomic E-state index is 13.1. The van der Waals surface area contributed by atoms with Gasteiger partial charge in [-0.25, -0.2) is 15.0 Å².